The zero-order valence-corrected chi connectivity index (χ0v) is 14.4. The van der Waals surface area contributed by atoms with Crippen molar-refractivity contribution in [2.24, 2.45) is 0 Å². The third-order valence-electron chi connectivity index (χ3n) is 3.22. The van der Waals surface area contributed by atoms with Crippen molar-refractivity contribution in [3.8, 4) is 0 Å². The standard InChI is InChI=1S/C16H16ClNO5S/c1-18(14-6-3-5-13(17)11-14)24(21,22)15-7-2-4-12(10-15)16(20)23-9-8-19/h2-7,10-11,19H,8-9H2,1H3. The van der Waals surface area contributed by atoms with E-state index in [1.807, 2.05) is 0 Å². The fourth-order valence-corrected chi connectivity index (χ4v) is 3.39. The number of halogens is 1. The van der Waals surface area contributed by atoms with Crippen LogP contribution < -0.4 is 4.31 Å². The molecule has 2 rings (SSSR count). The Bertz CT molecular complexity index is 838. The minimum Gasteiger partial charge on any atom is -0.460 e. The molecule has 0 aliphatic rings. The first-order valence-corrected chi connectivity index (χ1v) is 8.80. The monoisotopic (exact) mass is 369 g/mol. The molecular formula is C16H16ClNO5S. The molecule has 0 aliphatic heterocycles. The van der Waals surface area contributed by atoms with Gasteiger partial charge in [-0.05, 0) is 36.4 Å². The molecule has 0 bridgehead atoms. The van der Waals surface area contributed by atoms with Crippen LogP contribution in [0.25, 0.3) is 0 Å². The molecule has 0 radical (unpaired) electrons. The van der Waals surface area contributed by atoms with E-state index in [0.29, 0.717) is 10.7 Å². The van der Waals surface area contributed by atoms with Gasteiger partial charge in [0, 0.05) is 12.1 Å². The van der Waals surface area contributed by atoms with Crippen molar-refractivity contribution in [3.05, 3.63) is 59.1 Å². The van der Waals surface area contributed by atoms with E-state index in [0.717, 1.165) is 4.31 Å². The second-order valence-corrected chi connectivity index (χ2v) is 7.25. The molecule has 1 N–H and O–H groups in total. The van der Waals surface area contributed by atoms with Crippen LogP contribution in [-0.2, 0) is 14.8 Å². The van der Waals surface area contributed by atoms with Crippen molar-refractivity contribution in [3.63, 3.8) is 0 Å². The van der Waals surface area contributed by atoms with Crippen molar-refractivity contribution >= 4 is 33.3 Å². The second-order valence-electron chi connectivity index (χ2n) is 4.84. The Morgan fingerprint density at radius 3 is 2.58 bits per heavy atom. The van der Waals surface area contributed by atoms with Crippen LogP contribution in [0.3, 0.4) is 0 Å². The fraction of sp³-hybridized carbons (Fsp3) is 0.188. The van der Waals surface area contributed by atoms with Gasteiger partial charge in [-0.1, -0.05) is 23.7 Å². The molecule has 0 fully saturated rings. The van der Waals surface area contributed by atoms with Gasteiger partial charge < -0.3 is 9.84 Å². The molecule has 0 spiro atoms. The topological polar surface area (TPSA) is 83.9 Å². The van der Waals surface area contributed by atoms with Gasteiger partial charge in [-0.25, -0.2) is 13.2 Å². The largest absolute Gasteiger partial charge is 0.460 e. The lowest BCUT2D eigenvalue weighted by atomic mass is 10.2. The molecule has 0 atom stereocenters. The average molecular weight is 370 g/mol. The van der Waals surface area contributed by atoms with E-state index in [2.05, 4.69) is 0 Å². The van der Waals surface area contributed by atoms with E-state index in [9.17, 15) is 13.2 Å². The van der Waals surface area contributed by atoms with E-state index in [1.54, 1.807) is 18.2 Å². The quantitative estimate of drug-likeness (QED) is 0.790. The van der Waals surface area contributed by atoms with Crippen LogP contribution in [0.1, 0.15) is 10.4 Å². The van der Waals surface area contributed by atoms with Crippen LogP contribution in [0.5, 0.6) is 0 Å². The van der Waals surface area contributed by atoms with Crippen molar-refractivity contribution in [1.82, 2.24) is 0 Å². The Hall–Kier alpha value is -2.09. The lowest BCUT2D eigenvalue weighted by Gasteiger charge is -2.20. The Morgan fingerprint density at radius 2 is 1.92 bits per heavy atom. The lowest BCUT2D eigenvalue weighted by Crippen LogP contribution is -2.26. The van der Waals surface area contributed by atoms with Gasteiger partial charge in [-0.15, -0.1) is 0 Å². The first-order chi connectivity index (χ1) is 11.4. The summed E-state index contributed by atoms with van der Waals surface area (Å²) in [7, 11) is -2.47. The van der Waals surface area contributed by atoms with Crippen LogP contribution in [0, 0.1) is 0 Å². The van der Waals surface area contributed by atoms with Gasteiger partial charge >= 0.3 is 5.97 Å². The van der Waals surface area contributed by atoms with Crippen molar-refractivity contribution in [2.45, 2.75) is 4.90 Å². The summed E-state index contributed by atoms with van der Waals surface area (Å²) in [6, 6.07) is 11.9. The van der Waals surface area contributed by atoms with Crippen molar-refractivity contribution in [2.75, 3.05) is 24.6 Å². The third-order valence-corrected chi connectivity index (χ3v) is 5.24. The Kier molecular flexibility index (Phi) is 5.82. The second kappa shape index (κ2) is 7.65. The number of anilines is 1. The molecule has 0 amide bonds. The zero-order chi connectivity index (χ0) is 17.7. The SMILES string of the molecule is CN(c1cccc(Cl)c1)S(=O)(=O)c1cccc(C(=O)OCCO)c1. The molecule has 0 unspecified atom stereocenters. The number of nitrogens with zero attached hydrogens (tertiary/aromatic N) is 1. The molecule has 2 aromatic carbocycles. The summed E-state index contributed by atoms with van der Waals surface area (Å²) in [6.45, 7) is -0.459. The number of aliphatic hydroxyl groups is 1. The molecule has 0 heterocycles. The number of hydrogen-bond acceptors (Lipinski definition) is 5. The van der Waals surface area contributed by atoms with Crippen molar-refractivity contribution < 1.29 is 23.1 Å². The summed E-state index contributed by atoms with van der Waals surface area (Å²) >= 11 is 5.90. The van der Waals surface area contributed by atoms with Crippen LogP contribution >= 0.6 is 11.6 Å². The molecular weight excluding hydrogens is 354 g/mol. The minimum absolute atomic E-state index is 0.0524. The maximum absolute atomic E-state index is 12.7. The van der Waals surface area contributed by atoms with Gasteiger partial charge in [-0.2, -0.15) is 0 Å². The molecule has 2 aromatic rings. The molecule has 6 nitrogen and oxygen atoms in total. The normalized spacial score (nSPS) is 11.1. The highest BCUT2D eigenvalue weighted by Gasteiger charge is 2.22. The molecule has 0 aromatic heterocycles. The fourth-order valence-electron chi connectivity index (χ4n) is 1.97. The number of benzene rings is 2. The van der Waals surface area contributed by atoms with E-state index < -0.39 is 16.0 Å². The molecule has 128 valence electrons. The first kappa shape index (κ1) is 18.3. The van der Waals surface area contributed by atoms with Crippen LogP contribution in [0.4, 0.5) is 5.69 Å². The van der Waals surface area contributed by atoms with Crippen LogP contribution in [0.2, 0.25) is 5.02 Å². The summed E-state index contributed by atoms with van der Waals surface area (Å²) in [5.41, 5.74) is 0.486. The summed E-state index contributed by atoms with van der Waals surface area (Å²) in [5, 5.41) is 9.09. The highest BCUT2D eigenvalue weighted by Crippen LogP contribution is 2.25. The summed E-state index contributed by atoms with van der Waals surface area (Å²) in [4.78, 5) is 11.8. The number of rotatable bonds is 6. The highest BCUT2D eigenvalue weighted by atomic mass is 35.5. The highest BCUT2D eigenvalue weighted by molar-refractivity contribution is 7.92. The predicted molar refractivity (Wildman–Crippen MR) is 90.9 cm³/mol. The first-order valence-electron chi connectivity index (χ1n) is 6.99. The number of carbonyl (C=O) groups excluding carboxylic acids is 1. The number of carbonyl (C=O) groups is 1. The minimum atomic E-state index is -3.87. The van der Waals surface area contributed by atoms with Gasteiger partial charge in [0.2, 0.25) is 0 Å². The summed E-state index contributed by atoms with van der Waals surface area (Å²) in [5.74, 6) is -0.702. The molecule has 0 saturated carbocycles. The van der Waals surface area contributed by atoms with E-state index in [4.69, 9.17) is 21.4 Å². The van der Waals surface area contributed by atoms with Gasteiger partial charge in [0.25, 0.3) is 10.0 Å². The summed E-state index contributed by atoms with van der Waals surface area (Å²) in [6.07, 6.45) is 0. The average Bonchev–Trinajstić information content (AvgIpc) is 2.59. The summed E-state index contributed by atoms with van der Waals surface area (Å²) < 4.78 is 31.3. The maximum atomic E-state index is 12.7. The molecule has 24 heavy (non-hydrogen) atoms. The molecule has 0 saturated heterocycles. The van der Waals surface area contributed by atoms with Gasteiger partial charge in [0.1, 0.15) is 6.61 Å². The smallest absolute Gasteiger partial charge is 0.338 e. The van der Waals surface area contributed by atoms with Gasteiger partial charge in [0.05, 0.1) is 22.8 Å². The van der Waals surface area contributed by atoms with Gasteiger partial charge in [-0.3, -0.25) is 4.31 Å². The van der Waals surface area contributed by atoms with Crippen LogP contribution in [0.15, 0.2) is 53.4 Å². The van der Waals surface area contributed by atoms with E-state index in [1.165, 1.54) is 37.4 Å². The number of esters is 1. The van der Waals surface area contributed by atoms with Crippen molar-refractivity contribution in [1.29, 1.82) is 0 Å². The predicted octanol–water partition coefficient (Wildman–Crippen LogP) is 2.31. The third kappa shape index (κ3) is 4.05. The maximum Gasteiger partial charge on any atom is 0.338 e. The number of sulfonamides is 1. The van der Waals surface area contributed by atoms with Crippen LogP contribution in [-0.4, -0.2) is 39.8 Å². The number of aliphatic hydroxyl groups excluding tert-OH is 1. The molecule has 8 heteroatoms. The zero-order valence-electron chi connectivity index (χ0n) is 12.8. The van der Waals surface area contributed by atoms with E-state index >= 15 is 0 Å². The Labute approximate surface area is 145 Å². The van der Waals surface area contributed by atoms with Gasteiger partial charge in [0.15, 0.2) is 0 Å². The lowest BCUT2D eigenvalue weighted by molar-refractivity contribution is 0.0433. The number of ether oxygens (including phenoxy) is 1. The molecule has 0 aliphatic carbocycles. The Morgan fingerprint density at radius 1 is 1.21 bits per heavy atom. The number of hydrogen-bond donors (Lipinski definition) is 1. The van der Waals surface area contributed by atoms with E-state index in [-0.39, 0.29) is 23.7 Å². The Balaban J connectivity index is 2.34.